The highest BCUT2D eigenvalue weighted by Gasteiger charge is 2.32. The molecule has 0 aromatic carbocycles. The first-order valence-electron chi connectivity index (χ1n) is 8.43. The van der Waals surface area contributed by atoms with E-state index in [0.29, 0.717) is 11.6 Å². The van der Waals surface area contributed by atoms with Crippen LogP contribution < -0.4 is 0 Å². The Hall–Kier alpha value is -1.49. The smallest absolute Gasteiger partial charge is 0.257 e. The van der Waals surface area contributed by atoms with Crippen LogP contribution >= 0.6 is 0 Å². The summed E-state index contributed by atoms with van der Waals surface area (Å²) >= 11 is 0. The van der Waals surface area contributed by atoms with Gasteiger partial charge in [-0.1, -0.05) is 6.42 Å². The first-order valence-corrected chi connectivity index (χ1v) is 8.43. The monoisotopic (exact) mass is 302 g/mol. The van der Waals surface area contributed by atoms with Gasteiger partial charge in [0.05, 0.1) is 11.3 Å². The van der Waals surface area contributed by atoms with Crippen molar-refractivity contribution in [3.05, 3.63) is 23.8 Å². The summed E-state index contributed by atoms with van der Waals surface area (Å²) < 4.78 is 0. The minimum atomic E-state index is 0.0912. The Balaban J connectivity index is 1.60. The fraction of sp³-hybridized carbons (Fsp3) is 0.706. The lowest BCUT2D eigenvalue weighted by atomic mass is 9.84. The molecule has 5 nitrogen and oxygen atoms in total. The number of hydrogen-bond donors (Lipinski definition) is 0. The molecule has 0 bridgehead atoms. The molecule has 0 radical (unpaired) electrons. The van der Waals surface area contributed by atoms with Gasteiger partial charge < -0.3 is 9.80 Å². The summed E-state index contributed by atoms with van der Waals surface area (Å²) in [5.41, 5.74) is 1.42. The van der Waals surface area contributed by atoms with Gasteiger partial charge in [-0.15, -0.1) is 0 Å². The van der Waals surface area contributed by atoms with Crippen molar-refractivity contribution in [2.75, 3.05) is 26.7 Å². The zero-order chi connectivity index (χ0) is 15.5. The fourth-order valence-electron chi connectivity index (χ4n) is 3.95. The quantitative estimate of drug-likeness (QED) is 0.839. The molecule has 1 aromatic heterocycles. The van der Waals surface area contributed by atoms with Crippen LogP contribution in [0.5, 0.6) is 0 Å². The Morgan fingerprint density at radius 3 is 2.64 bits per heavy atom. The fourth-order valence-corrected chi connectivity index (χ4v) is 3.95. The maximum Gasteiger partial charge on any atom is 0.257 e. The van der Waals surface area contributed by atoms with Crippen LogP contribution in [0.3, 0.4) is 0 Å². The molecule has 1 atom stereocenters. The molecule has 1 amide bonds. The molecule has 0 unspecified atom stereocenters. The Bertz CT molecular complexity index is 525. The van der Waals surface area contributed by atoms with E-state index < -0.39 is 0 Å². The number of aromatic nitrogens is 2. The van der Waals surface area contributed by atoms with E-state index in [9.17, 15) is 4.79 Å². The zero-order valence-electron chi connectivity index (χ0n) is 13.7. The van der Waals surface area contributed by atoms with E-state index >= 15 is 0 Å². The molecule has 0 N–H and O–H groups in total. The van der Waals surface area contributed by atoms with Gasteiger partial charge in [-0.2, -0.15) is 0 Å². The van der Waals surface area contributed by atoms with Crippen LogP contribution in [0.4, 0.5) is 0 Å². The summed E-state index contributed by atoms with van der Waals surface area (Å²) in [5.74, 6) is 0.830. The summed E-state index contributed by atoms with van der Waals surface area (Å²) in [6, 6.07) is 0.716. The van der Waals surface area contributed by atoms with Crippen molar-refractivity contribution < 1.29 is 4.79 Å². The summed E-state index contributed by atoms with van der Waals surface area (Å²) in [6.45, 7) is 4.83. The second-order valence-corrected chi connectivity index (χ2v) is 6.70. The highest BCUT2D eigenvalue weighted by molar-refractivity contribution is 5.94. The van der Waals surface area contributed by atoms with Gasteiger partial charge >= 0.3 is 0 Å². The Morgan fingerprint density at radius 1 is 1.18 bits per heavy atom. The van der Waals surface area contributed by atoms with Gasteiger partial charge in [0.1, 0.15) is 6.33 Å². The van der Waals surface area contributed by atoms with Crippen molar-refractivity contribution in [3.8, 4) is 0 Å². The van der Waals surface area contributed by atoms with Crippen LogP contribution in [0.15, 0.2) is 12.5 Å². The first-order chi connectivity index (χ1) is 10.7. The molecule has 5 heteroatoms. The van der Waals surface area contributed by atoms with Crippen molar-refractivity contribution in [2.24, 2.45) is 5.92 Å². The van der Waals surface area contributed by atoms with E-state index in [1.165, 1.54) is 32.1 Å². The normalized spacial score (nSPS) is 24.5. The molecule has 0 saturated carbocycles. The Morgan fingerprint density at radius 2 is 1.95 bits per heavy atom. The van der Waals surface area contributed by atoms with Crippen molar-refractivity contribution in [1.82, 2.24) is 19.8 Å². The minimum absolute atomic E-state index is 0.0912. The molecule has 0 spiro atoms. The second-order valence-electron chi connectivity index (χ2n) is 6.70. The predicted molar refractivity (Wildman–Crippen MR) is 85.7 cm³/mol. The molecular formula is C17H26N4O. The third-order valence-electron chi connectivity index (χ3n) is 5.34. The van der Waals surface area contributed by atoms with Crippen molar-refractivity contribution in [1.29, 1.82) is 0 Å². The molecule has 2 fully saturated rings. The lowest BCUT2D eigenvalue weighted by molar-refractivity contribution is 0.0553. The maximum atomic E-state index is 12.6. The van der Waals surface area contributed by atoms with Gasteiger partial charge in [-0.25, -0.2) is 9.97 Å². The van der Waals surface area contributed by atoms with Crippen molar-refractivity contribution in [2.45, 2.75) is 45.1 Å². The molecule has 3 heterocycles. The van der Waals surface area contributed by atoms with Crippen LogP contribution in [0.25, 0.3) is 0 Å². The molecule has 2 aliphatic rings. The van der Waals surface area contributed by atoms with E-state index in [2.05, 4.69) is 21.9 Å². The number of amides is 1. The van der Waals surface area contributed by atoms with Gasteiger partial charge in [-0.05, 0) is 52.1 Å². The molecule has 3 rings (SSSR count). The van der Waals surface area contributed by atoms with E-state index in [4.69, 9.17) is 0 Å². The third-order valence-corrected chi connectivity index (χ3v) is 5.34. The summed E-state index contributed by atoms with van der Waals surface area (Å²) in [5, 5.41) is 0. The Labute approximate surface area is 132 Å². The van der Waals surface area contributed by atoms with E-state index in [1.807, 2.05) is 11.8 Å². The van der Waals surface area contributed by atoms with Crippen LogP contribution in [0.1, 0.15) is 48.2 Å². The van der Waals surface area contributed by atoms with Crippen LogP contribution in [-0.2, 0) is 0 Å². The van der Waals surface area contributed by atoms with Crippen molar-refractivity contribution in [3.63, 3.8) is 0 Å². The van der Waals surface area contributed by atoms with E-state index in [1.54, 1.807) is 6.20 Å². The molecule has 1 aromatic rings. The molecule has 120 valence electrons. The number of rotatable bonds is 2. The topological polar surface area (TPSA) is 49.3 Å². The summed E-state index contributed by atoms with van der Waals surface area (Å²) in [6.07, 6.45) is 9.39. The standard InChI is InChI=1S/C17H26N4O/c1-13-15(11-18-12-19-13)17(22)21-9-6-14(7-10-21)16-5-3-4-8-20(16)2/h11-12,14,16H,3-10H2,1-2H3/t16-/m1/s1. The van der Waals surface area contributed by atoms with Gasteiger partial charge in [-0.3, -0.25) is 4.79 Å². The van der Waals surface area contributed by atoms with Crippen LogP contribution in [-0.4, -0.2) is 58.4 Å². The Kier molecular flexibility index (Phi) is 4.71. The van der Waals surface area contributed by atoms with Crippen LogP contribution in [0, 0.1) is 12.8 Å². The third kappa shape index (κ3) is 3.14. The maximum absolute atomic E-state index is 12.6. The van der Waals surface area contributed by atoms with Crippen LogP contribution in [0.2, 0.25) is 0 Å². The summed E-state index contributed by atoms with van der Waals surface area (Å²) in [7, 11) is 2.26. The van der Waals surface area contributed by atoms with E-state index in [-0.39, 0.29) is 5.91 Å². The van der Waals surface area contributed by atoms with Gasteiger partial charge in [0.25, 0.3) is 5.91 Å². The average Bonchev–Trinajstić information content (AvgIpc) is 2.55. The predicted octanol–water partition coefficient (Wildman–Crippen LogP) is 2.12. The lowest BCUT2D eigenvalue weighted by Crippen LogP contribution is -2.47. The zero-order valence-corrected chi connectivity index (χ0v) is 13.7. The number of aryl methyl sites for hydroxylation is 1. The molecule has 0 aliphatic carbocycles. The highest BCUT2D eigenvalue weighted by Crippen LogP contribution is 2.30. The minimum Gasteiger partial charge on any atom is -0.339 e. The number of likely N-dealkylation sites (tertiary alicyclic amines) is 2. The number of carbonyl (C=O) groups is 1. The number of carbonyl (C=O) groups excluding carboxylic acids is 1. The van der Waals surface area contributed by atoms with Gasteiger partial charge in [0, 0.05) is 25.3 Å². The highest BCUT2D eigenvalue weighted by atomic mass is 16.2. The van der Waals surface area contributed by atoms with E-state index in [0.717, 1.165) is 37.5 Å². The molecule has 2 aliphatic heterocycles. The second kappa shape index (κ2) is 6.73. The largest absolute Gasteiger partial charge is 0.339 e. The first kappa shape index (κ1) is 15.4. The number of nitrogens with zero attached hydrogens (tertiary/aromatic N) is 4. The molecule has 2 saturated heterocycles. The van der Waals surface area contributed by atoms with Crippen molar-refractivity contribution >= 4 is 5.91 Å². The van der Waals surface area contributed by atoms with Gasteiger partial charge in [0.15, 0.2) is 0 Å². The number of hydrogen-bond acceptors (Lipinski definition) is 4. The number of piperidine rings is 2. The molecular weight excluding hydrogens is 276 g/mol. The SMILES string of the molecule is Cc1ncncc1C(=O)N1CCC([C@H]2CCCCN2C)CC1. The van der Waals surface area contributed by atoms with Gasteiger partial charge in [0.2, 0.25) is 0 Å². The lowest BCUT2D eigenvalue weighted by Gasteiger charge is -2.42. The summed E-state index contributed by atoms with van der Waals surface area (Å²) in [4.78, 5) is 25.2. The molecule has 22 heavy (non-hydrogen) atoms. The average molecular weight is 302 g/mol.